The Hall–Kier alpha value is -2.29. The van der Waals surface area contributed by atoms with E-state index in [0.717, 1.165) is 31.0 Å². The minimum absolute atomic E-state index is 0.388. The van der Waals surface area contributed by atoms with Gasteiger partial charge >= 0.3 is 0 Å². The molecule has 0 saturated heterocycles. The number of nitrogens with one attached hydrogen (secondary N) is 1. The van der Waals surface area contributed by atoms with Crippen LogP contribution in [0.3, 0.4) is 0 Å². The van der Waals surface area contributed by atoms with Crippen molar-refractivity contribution in [3.05, 3.63) is 59.9 Å². The minimum Gasteiger partial charge on any atom is -0.356 e. The van der Waals surface area contributed by atoms with Crippen molar-refractivity contribution in [3.8, 4) is 0 Å². The maximum atomic E-state index is 4.66. The molecule has 0 spiro atoms. The summed E-state index contributed by atoms with van der Waals surface area (Å²) in [5, 5.41) is 6.02. The van der Waals surface area contributed by atoms with E-state index >= 15 is 0 Å². The van der Waals surface area contributed by atoms with Crippen LogP contribution in [0.1, 0.15) is 30.6 Å². The smallest absolute Gasteiger partial charge is 0.203 e. The lowest BCUT2D eigenvalue weighted by atomic mass is 9.99. The Balaban J connectivity index is 1.80. The van der Waals surface area contributed by atoms with Crippen molar-refractivity contribution in [2.24, 2.45) is 0 Å². The third kappa shape index (κ3) is 2.09. The van der Waals surface area contributed by atoms with E-state index in [1.165, 1.54) is 16.3 Å². The second-order valence-electron chi connectivity index (χ2n) is 5.65. The lowest BCUT2D eigenvalue weighted by Gasteiger charge is -2.26. The Morgan fingerprint density at radius 2 is 2.05 bits per heavy atom. The molecule has 0 radical (unpaired) electrons. The molecule has 1 aliphatic heterocycles. The molecule has 1 aliphatic rings. The predicted molar refractivity (Wildman–Crippen MR) is 86.8 cm³/mol. The van der Waals surface area contributed by atoms with E-state index in [-0.39, 0.29) is 0 Å². The van der Waals surface area contributed by atoms with E-state index in [1.807, 2.05) is 0 Å². The Morgan fingerprint density at radius 1 is 1.19 bits per heavy atom. The average molecular weight is 277 g/mol. The lowest BCUT2D eigenvalue weighted by Crippen LogP contribution is -2.23. The Labute approximate surface area is 124 Å². The standard InChI is InChI=1S/C18H19N3/c1-2-16-12-21-17(9-10-19-18(21)20-16)15-8-7-13-5-3-4-6-14(13)11-15/h3-8,11-12,17H,2,9-10H2,1H3,(H,19,20). The van der Waals surface area contributed by atoms with Crippen LogP contribution in [0, 0.1) is 0 Å². The van der Waals surface area contributed by atoms with Gasteiger partial charge in [0.1, 0.15) is 0 Å². The number of aryl methyl sites for hydroxylation is 1. The second-order valence-corrected chi connectivity index (χ2v) is 5.65. The third-order valence-corrected chi connectivity index (χ3v) is 4.34. The van der Waals surface area contributed by atoms with Crippen LogP contribution in [0.5, 0.6) is 0 Å². The molecule has 0 saturated carbocycles. The zero-order valence-corrected chi connectivity index (χ0v) is 12.2. The van der Waals surface area contributed by atoms with Gasteiger partial charge in [-0.1, -0.05) is 43.3 Å². The molecule has 0 aliphatic carbocycles. The summed E-state index contributed by atoms with van der Waals surface area (Å²) in [7, 11) is 0. The van der Waals surface area contributed by atoms with E-state index in [1.54, 1.807) is 0 Å². The molecule has 2 heterocycles. The van der Waals surface area contributed by atoms with Crippen molar-refractivity contribution < 1.29 is 0 Å². The minimum atomic E-state index is 0.388. The number of anilines is 1. The maximum Gasteiger partial charge on any atom is 0.203 e. The van der Waals surface area contributed by atoms with Crippen molar-refractivity contribution in [1.29, 1.82) is 0 Å². The third-order valence-electron chi connectivity index (χ3n) is 4.34. The molecule has 21 heavy (non-hydrogen) atoms. The summed E-state index contributed by atoms with van der Waals surface area (Å²) in [6.45, 7) is 3.14. The first-order valence-corrected chi connectivity index (χ1v) is 7.65. The highest BCUT2D eigenvalue weighted by atomic mass is 15.2. The second kappa shape index (κ2) is 4.92. The summed E-state index contributed by atoms with van der Waals surface area (Å²) in [4.78, 5) is 4.66. The summed E-state index contributed by atoms with van der Waals surface area (Å²) in [5.74, 6) is 1.01. The number of benzene rings is 2. The fraction of sp³-hybridized carbons (Fsp3) is 0.278. The molecule has 3 heteroatoms. The highest BCUT2D eigenvalue weighted by Gasteiger charge is 2.22. The van der Waals surface area contributed by atoms with Crippen LogP contribution in [-0.2, 0) is 6.42 Å². The number of rotatable bonds is 2. The number of hydrogen-bond acceptors (Lipinski definition) is 2. The summed E-state index contributed by atoms with van der Waals surface area (Å²) >= 11 is 0. The predicted octanol–water partition coefficient (Wildman–Crippen LogP) is 4.00. The topological polar surface area (TPSA) is 29.9 Å². The maximum absolute atomic E-state index is 4.66. The number of fused-ring (bicyclic) bond motifs is 2. The molecule has 0 amide bonds. The highest BCUT2D eigenvalue weighted by Crippen LogP contribution is 2.31. The lowest BCUT2D eigenvalue weighted by molar-refractivity contribution is 0.530. The first-order valence-electron chi connectivity index (χ1n) is 7.65. The molecule has 2 aromatic carbocycles. The molecule has 0 bridgehead atoms. The molecule has 1 N–H and O–H groups in total. The van der Waals surface area contributed by atoms with Crippen LogP contribution < -0.4 is 5.32 Å². The molecule has 0 fully saturated rings. The van der Waals surface area contributed by atoms with Crippen LogP contribution in [0.25, 0.3) is 10.8 Å². The van der Waals surface area contributed by atoms with Crippen molar-refractivity contribution in [1.82, 2.24) is 9.55 Å². The van der Waals surface area contributed by atoms with E-state index in [0.29, 0.717) is 6.04 Å². The van der Waals surface area contributed by atoms with E-state index in [2.05, 4.69) is 70.5 Å². The zero-order valence-electron chi connectivity index (χ0n) is 12.2. The van der Waals surface area contributed by atoms with Gasteiger partial charge in [-0.2, -0.15) is 0 Å². The molecule has 4 rings (SSSR count). The van der Waals surface area contributed by atoms with Gasteiger partial charge in [-0.05, 0) is 35.2 Å². The summed E-state index contributed by atoms with van der Waals surface area (Å²) in [6.07, 6.45) is 4.28. The van der Waals surface area contributed by atoms with Gasteiger partial charge < -0.3 is 9.88 Å². The fourth-order valence-electron chi connectivity index (χ4n) is 3.19. The van der Waals surface area contributed by atoms with Gasteiger partial charge in [-0.15, -0.1) is 0 Å². The van der Waals surface area contributed by atoms with Crippen molar-refractivity contribution in [2.75, 3.05) is 11.9 Å². The van der Waals surface area contributed by atoms with Gasteiger partial charge in [0.2, 0.25) is 5.95 Å². The Morgan fingerprint density at radius 3 is 2.90 bits per heavy atom. The first kappa shape index (κ1) is 12.5. The molecule has 106 valence electrons. The van der Waals surface area contributed by atoms with Crippen LogP contribution in [0.4, 0.5) is 5.95 Å². The summed E-state index contributed by atoms with van der Waals surface area (Å²) in [5.41, 5.74) is 2.53. The average Bonchev–Trinajstić information content (AvgIpc) is 2.97. The van der Waals surface area contributed by atoms with Crippen LogP contribution in [-0.4, -0.2) is 16.1 Å². The fourth-order valence-corrected chi connectivity index (χ4v) is 3.19. The monoisotopic (exact) mass is 277 g/mol. The number of aromatic nitrogens is 2. The van der Waals surface area contributed by atoms with Gasteiger partial charge in [0.25, 0.3) is 0 Å². The van der Waals surface area contributed by atoms with Gasteiger partial charge in [0, 0.05) is 12.7 Å². The quantitative estimate of drug-likeness (QED) is 0.767. The van der Waals surface area contributed by atoms with Gasteiger partial charge in [-0.25, -0.2) is 4.98 Å². The van der Waals surface area contributed by atoms with Crippen LogP contribution >= 0.6 is 0 Å². The SMILES string of the molecule is CCc1cn2c(n1)NCCC2c1ccc2ccccc2c1. The number of hydrogen-bond donors (Lipinski definition) is 1. The largest absolute Gasteiger partial charge is 0.356 e. The molecule has 1 atom stereocenters. The number of nitrogens with zero attached hydrogens (tertiary/aromatic N) is 2. The van der Waals surface area contributed by atoms with Crippen molar-refractivity contribution in [3.63, 3.8) is 0 Å². The summed E-state index contributed by atoms with van der Waals surface area (Å²) < 4.78 is 2.30. The van der Waals surface area contributed by atoms with E-state index in [9.17, 15) is 0 Å². The molecular formula is C18H19N3. The normalized spacial score (nSPS) is 17.5. The molecule has 1 aromatic heterocycles. The van der Waals surface area contributed by atoms with Gasteiger partial charge in [0.05, 0.1) is 11.7 Å². The molecule has 3 aromatic rings. The molecule has 1 unspecified atom stereocenters. The van der Waals surface area contributed by atoms with E-state index < -0.39 is 0 Å². The molecular weight excluding hydrogens is 258 g/mol. The summed E-state index contributed by atoms with van der Waals surface area (Å²) in [6, 6.07) is 15.7. The first-order chi connectivity index (χ1) is 10.3. The Kier molecular flexibility index (Phi) is 2.92. The van der Waals surface area contributed by atoms with Crippen molar-refractivity contribution >= 4 is 16.7 Å². The highest BCUT2D eigenvalue weighted by molar-refractivity contribution is 5.83. The van der Waals surface area contributed by atoms with E-state index in [4.69, 9.17) is 0 Å². The van der Waals surface area contributed by atoms with Crippen molar-refractivity contribution in [2.45, 2.75) is 25.8 Å². The van der Waals surface area contributed by atoms with Gasteiger partial charge in [-0.3, -0.25) is 0 Å². The number of imidazole rings is 1. The van der Waals surface area contributed by atoms with Crippen LogP contribution in [0.15, 0.2) is 48.7 Å². The zero-order chi connectivity index (χ0) is 14.2. The molecule has 3 nitrogen and oxygen atoms in total. The van der Waals surface area contributed by atoms with Crippen LogP contribution in [0.2, 0.25) is 0 Å². The van der Waals surface area contributed by atoms with Gasteiger partial charge in [0.15, 0.2) is 0 Å². The Bertz CT molecular complexity index is 788.